The molecule has 0 amide bonds. The van der Waals surface area contributed by atoms with Crippen LogP contribution in [0.5, 0.6) is 0 Å². The fourth-order valence-electron chi connectivity index (χ4n) is 2.84. The first-order valence-corrected chi connectivity index (χ1v) is 8.88. The van der Waals surface area contributed by atoms with E-state index in [1.54, 1.807) is 6.26 Å². The molecule has 1 N–H and O–H groups in total. The van der Waals surface area contributed by atoms with Crippen LogP contribution in [0.15, 0.2) is 72.5 Å². The van der Waals surface area contributed by atoms with Crippen molar-refractivity contribution in [3.05, 3.63) is 83.6 Å². The topological polar surface area (TPSA) is 12.0 Å². The number of nitrogens with one attached hydrogen (secondary N) is 1. The summed E-state index contributed by atoms with van der Waals surface area (Å²) in [7, 11) is 0. The van der Waals surface area contributed by atoms with Gasteiger partial charge < -0.3 is 5.32 Å². The van der Waals surface area contributed by atoms with E-state index in [9.17, 15) is 0 Å². The van der Waals surface area contributed by atoms with Crippen LogP contribution in [-0.4, -0.2) is 6.26 Å². The van der Waals surface area contributed by atoms with Gasteiger partial charge in [-0.3, -0.25) is 0 Å². The zero-order chi connectivity index (χ0) is 17.4. The van der Waals surface area contributed by atoms with Crippen molar-refractivity contribution in [3.63, 3.8) is 0 Å². The molecular formula is C21H27NS. The Bertz CT molecular complexity index is 675. The Hall–Kier alpha value is -1.93. The van der Waals surface area contributed by atoms with Crippen LogP contribution in [0.3, 0.4) is 0 Å². The first-order chi connectivity index (χ1) is 11.3. The molecule has 122 valence electrons. The predicted octanol–water partition coefficient (Wildman–Crippen LogP) is 6.01. The third-order valence-electron chi connectivity index (χ3n) is 3.72. The average Bonchev–Trinajstić information content (AvgIpc) is 2.97. The van der Waals surface area contributed by atoms with E-state index in [2.05, 4.69) is 67.5 Å². The molecule has 0 saturated carbocycles. The second kappa shape index (κ2) is 9.26. The summed E-state index contributed by atoms with van der Waals surface area (Å²) in [5.74, 6) is 0. The van der Waals surface area contributed by atoms with E-state index in [0.717, 1.165) is 12.1 Å². The van der Waals surface area contributed by atoms with E-state index in [4.69, 9.17) is 0 Å². The van der Waals surface area contributed by atoms with Crippen molar-refractivity contribution < 1.29 is 0 Å². The van der Waals surface area contributed by atoms with Gasteiger partial charge in [0.2, 0.25) is 0 Å². The number of hydrogen-bond acceptors (Lipinski definition) is 2. The molecule has 2 aliphatic rings. The first kappa shape index (κ1) is 19.1. The molecule has 0 unspecified atom stereocenters. The number of allylic oxidation sites excluding steroid dienone is 5. The molecule has 23 heavy (non-hydrogen) atoms. The number of fused-ring (bicyclic) bond motifs is 2. The van der Waals surface area contributed by atoms with E-state index < -0.39 is 0 Å². The zero-order valence-electron chi connectivity index (χ0n) is 14.6. The van der Waals surface area contributed by atoms with Crippen molar-refractivity contribution in [2.24, 2.45) is 0 Å². The highest BCUT2D eigenvalue weighted by molar-refractivity contribution is 7.79. The molecule has 0 atom stereocenters. The lowest BCUT2D eigenvalue weighted by Crippen LogP contribution is -2.18. The van der Waals surface area contributed by atoms with Gasteiger partial charge in [0.25, 0.3) is 0 Å². The van der Waals surface area contributed by atoms with Gasteiger partial charge in [-0.15, -0.1) is 0 Å². The smallest absolute Gasteiger partial charge is 0.0502 e. The molecular weight excluding hydrogens is 298 g/mol. The summed E-state index contributed by atoms with van der Waals surface area (Å²) in [4.78, 5) is 0. The summed E-state index contributed by atoms with van der Waals surface area (Å²) >= 11 is 3.53. The molecule has 1 heterocycles. The number of thiol groups is 1. The average molecular weight is 326 g/mol. The lowest BCUT2D eigenvalue weighted by molar-refractivity contribution is 1.10. The largest absolute Gasteiger partial charge is 0.355 e. The van der Waals surface area contributed by atoms with Crippen molar-refractivity contribution in [2.75, 3.05) is 6.26 Å². The van der Waals surface area contributed by atoms with E-state index in [1.807, 2.05) is 26.8 Å². The third-order valence-corrected chi connectivity index (χ3v) is 3.72. The lowest BCUT2D eigenvalue weighted by Gasteiger charge is -2.23. The van der Waals surface area contributed by atoms with Crippen molar-refractivity contribution in [2.45, 2.75) is 27.2 Å². The predicted molar refractivity (Wildman–Crippen MR) is 108 cm³/mol. The second-order valence-electron chi connectivity index (χ2n) is 4.82. The van der Waals surface area contributed by atoms with Gasteiger partial charge >= 0.3 is 0 Å². The van der Waals surface area contributed by atoms with Gasteiger partial charge in [0.15, 0.2) is 0 Å². The molecule has 0 spiro atoms. The van der Waals surface area contributed by atoms with Crippen LogP contribution in [0.2, 0.25) is 0 Å². The molecule has 3 rings (SSSR count). The fraction of sp³-hybridized carbons (Fsp3) is 0.238. The summed E-state index contributed by atoms with van der Waals surface area (Å²) < 4.78 is 0. The lowest BCUT2D eigenvalue weighted by atomic mass is 9.92. The molecule has 1 aliphatic carbocycles. The van der Waals surface area contributed by atoms with Gasteiger partial charge in [0.1, 0.15) is 0 Å². The Kier molecular flexibility index (Phi) is 7.70. The minimum absolute atomic E-state index is 0.940. The standard InChI is InChI=1S/C18H17N.C2H6.CH4S/c1-4-8-15-13(5-2)11-17-16-10-7-6-9-14(16)12(3)19-18(15)17;2*1-2/h4-10,19H,2-3,11H2,1H3;1-2H3;2H,1H3/b8-4-;;. The summed E-state index contributed by atoms with van der Waals surface area (Å²) in [6.07, 6.45) is 8.81. The second-order valence-corrected chi connectivity index (χ2v) is 4.82. The van der Waals surface area contributed by atoms with Crippen LogP contribution in [-0.2, 0) is 0 Å². The van der Waals surface area contributed by atoms with E-state index in [-0.39, 0.29) is 0 Å². The van der Waals surface area contributed by atoms with Gasteiger partial charge in [-0.05, 0) is 29.9 Å². The Morgan fingerprint density at radius 1 is 1.13 bits per heavy atom. The minimum atomic E-state index is 0.940. The van der Waals surface area contributed by atoms with Gasteiger partial charge in [0, 0.05) is 23.3 Å². The monoisotopic (exact) mass is 325 g/mol. The molecule has 1 aliphatic heterocycles. The van der Waals surface area contributed by atoms with Gasteiger partial charge in [0.05, 0.1) is 5.70 Å². The fourth-order valence-corrected chi connectivity index (χ4v) is 2.84. The maximum atomic E-state index is 4.14. The summed E-state index contributed by atoms with van der Waals surface area (Å²) in [5, 5.41) is 3.46. The number of hydrogen-bond donors (Lipinski definition) is 2. The molecule has 1 aromatic carbocycles. The van der Waals surface area contributed by atoms with Crippen molar-refractivity contribution >= 4 is 23.9 Å². The maximum Gasteiger partial charge on any atom is 0.0502 e. The van der Waals surface area contributed by atoms with Crippen LogP contribution in [0.1, 0.15) is 38.3 Å². The van der Waals surface area contributed by atoms with Crippen molar-refractivity contribution in [3.8, 4) is 0 Å². The Balaban J connectivity index is 0.000000615. The van der Waals surface area contributed by atoms with Crippen molar-refractivity contribution in [1.29, 1.82) is 0 Å². The highest BCUT2D eigenvalue weighted by Gasteiger charge is 2.28. The highest BCUT2D eigenvalue weighted by Crippen LogP contribution is 2.43. The quantitative estimate of drug-likeness (QED) is 0.635. The number of rotatable bonds is 2. The molecule has 0 radical (unpaired) electrons. The van der Waals surface area contributed by atoms with Crippen LogP contribution in [0.4, 0.5) is 0 Å². The Morgan fingerprint density at radius 2 is 1.74 bits per heavy atom. The van der Waals surface area contributed by atoms with Crippen LogP contribution in [0, 0.1) is 0 Å². The maximum absolute atomic E-state index is 4.14. The zero-order valence-corrected chi connectivity index (χ0v) is 15.5. The molecule has 2 heteroatoms. The molecule has 0 saturated heterocycles. The summed E-state index contributed by atoms with van der Waals surface area (Å²) in [6.45, 7) is 14.1. The molecule has 1 nitrogen and oxygen atoms in total. The molecule has 0 bridgehead atoms. The highest BCUT2D eigenvalue weighted by atomic mass is 32.1. The molecule has 0 aromatic heterocycles. The third kappa shape index (κ3) is 3.70. The Labute approximate surface area is 146 Å². The van der Waals surface area contributed by atoms with Gasteiger partial charge in [-0.2, -0.15) is 12.6 Å². The SMILES string of the molecule is C=CC1=C(/C=C\C)C2=C(C1)c1ccccc1C(=C)N2.CC.CS. The minimum Gasteiger partial charge on any atom is -0.355 e. The van der Waals surface area contributed by atoms with E-state index in [0.29, 0.717) is 0 Å². The first-order valence-electron chi connectivity index (χ1n) is 7.98. The normalized spacial score (nSPS) is 15.1. The van der Waals surface area contributed by atoms with Crippen molar-refractivity contribution in [1.82, 2.24) is 5.32 Å². The van der Waals surface area contributed by atoms with Gasteiger partial charge in [-0.1, -0.05) is 69.5 Å². The Morgan fingerprint density at radius 3 is 2.30 bits per heavy atom. The summed E-state index contributed by atoms with van der Waals surface area (Å²) in [6, 6.07) is 8.44. The van der Waals surface area contributed by atoms with Crippen LogP contribution in [0.25, 0.3) is 11.3 Å². The van der Waals surface area contributed by atoms with E-state index >= 15 is 0 Å². The van der Waals surface area contributed by atoms with Crippen LogP contribution < -0.4 is 5.32 Å². The summed E-state index contributed by atoms with van der Waals surface area (Å²) in [5.41, 5.74) is 8.53. The molecule has 0 fully saturated rings. The molecule has 1 aromatic rings. The van der Waals surface area contributed by atoms with Crippen LogP contribution >= 0.6 is 12.6 Å². The van der Waals surface area contributed by atoms with E-state index in [1.165, 1.54) is 33.5 Å². The van der Waals surface area contributed by atoms with Gasteiger partial charge in [-0.25, -0.2) is 0 Å². The number of benzene rings is 1.